The fourth-order valence-corrected chi connectivity index (χ4v) is 5.22. The summed E-state index contributed by atoms with van der Waals surface area (Å²) >= 11 is 0. The van der Waals surface area contributed by atoms with E-state index in [0.29, 0.717) is 51.8 Å². The molecular formula is C31H34N2O7. The normalized spacial score (nSPS) is 16.1. The fourth-order valence-electron chi connectivity index (χ4n) is 5.22. The molecule has 0 aliphatic carbocycles. The third-order valence-corrected chi connectivity index (χ3v) is 7.43. The quantitative estimate of drug-likeness (QED) is 0.405. The Bertz CT molecular complexity index is 1440. The Labute approximate surface area is 234 Å². The number of Topliss-reactive ketones (excluding diaryl/α,β-unsaturated/α-hetero) is 1. The molecule has 0 unspecified atom stereocenters. The Kier molecular flexibility index (Phi) is 7.75. The summed E-state index contributed by atoms with van der Waals surface area (Å²) in [5, 5.41) is 10.9. The van der Waals surface area contributed by atoms with E-state index < -0.39 is 0 Å². The highest BCUT2D eigenvalue weighted by Crippen LogP contribution is 2.43. The number of phenols is 1. The van der Waals surface area contributed by atoms with E-state index in [1.807, 2.05) is 12.1 Å². The fraction of sp³-hybridized carbons (Fsp3) is 0.323. The van der Waals surface area contributed by atoms with Gasteiger partial charge in [0.2, 0.25) is 5.78 Å². The molecule has 0 spiro atoms. The maximum Gasteiger partial charge on any atom is 0.232 e. The van der Waals surface area contributed by atoms with Crippen molar-refractivity contribution >= 4 is 17.5 Å². The van der Waals surface area contributed by atoms with E-state index >= 15 is 0 Å². The summed E-state index contributed by atoms with van der Waals surface area (Å²) < 4.78 is 27.8. The van der Waals surface area contributed by atoms with Crippen molar-refractivity contribution in [3.8, 4) is 34.5 Å². The summed E-state index contributed by atoms with van der Waals surface area (Å²) in [6.07, 6.45) is 1.64. The molecule has 40 heavy (non-hydrogen) atoms. The van der Waals surface area contributed by atoms with Gasteiger partial charge in [0.25, 0.3) is 0 Å². The molecule has 0 atom stereocenters. The van der Waals surface area contributed by atoms with Crippen molar-refractivity contribution in [2.45, 2.75) is 13.5 Å². The van der Waals surface area contributed by atoms with Crippen LogP contribution in [0.3, 0.4) is 0 Å². The van der Waals surface area contributed by atoms with Gasteiger partial charge in [-0.05, 0) is 55.0 Å². The number of methoxy groups -OCH3 is 4. The largest absolute Gasteiger partial charge is 0.507 e. The first-order valence-corrected chi connectivity index (χ1v) is 13.1. The lowest BCUT2D eigenvalue weighted by molar-refractivity contribution is 0.101. The van der Waals surface area contributed by atoms with Crippen molar-refractivity contribution in [2.75, 3.05) is 59.5 Å². The van der Waals surface area contributed by atoms with Crippen LogP contribution in [0.25, 0.3) is 6.08 Å². The van der Waals surface area contributed by atoms with E-state index in [9.17, 15) is 9.90 Å². The van der Waals surface area contributed by atoms with E-state index in [1.54, 1.807) is 59.6 Å². The summed E-state index contributed by atoms with van der Waals surface area (Å²) in [5.41, 5.74) is 3.49. The molecular weight excluding hydrogens is 512 g/mol. The van der Waals surface area contributed by atoms with Gasteiger partial charge in [-0.25, -0.2) is 0 Å². The Morgan fingerprint density at radius 3 is 2.15 bits per heavy atom. The van der Waals surface area contributed by atoms with Crippen LogP contribution in [-0.4, -0.2) is 70.4 Å². The molecule has 9 nitrogen and oxygen atoms in total. The predicted molar refractivity (Wildman–Crippen MR) is 152 cm³/mol. The third kappa shape index (κ3) is 5.12. The average molecular weight is 547 g/mol. The van der Waals surface area contributed by atoms with Crippen LogP contribution >= 0.6 is 0 Å². The first-order chi connectivity index (χ1) is 19.4. The Morgan fingerprint density at radius 2 is 1.52 bits per heavy atom. The van der Waals surface area contributed by atoms with E-state index in [4.69, 9.17) is 23.7 Å². The van der Waals surface area contributed by atoms with E-state index in [0.717, 1.165) is 37.6 Å². The van der Waals surface area contributed by atoms with Gasteiger partial charge in [-0.2, -0.15) is 0 Å². The molecule has 0 bridgehead atoms. The summed E-state index contributed by atoms with van der Waals surface area (Å²) in [6, 6.07) is 13.1. The SMILES string of the molecule is COc1ccc(N2CCN(Cc3c(O)cc(C)c4c3O/C(=C\c3cc(OC)c(OC)cc3OC)C4=O)CC2)cc1. The molecule has 3 aromatic carbocycles. The van der Waals surface area contributed by atoms with E-state index in [2.05, 4.69) is 21.9 Å². The number of aryl methyl sites for hydroxylation is 1. The van der Waals surface area contributed by atoms with Crippen molar-refractivity contribution in [1.82, 2.24) is 4.90 Å². The van der Waals surface area contributed by atoms with Crippen LogP contribution in [0, 0.1) is 6.92 Å². The minimum Gasteiger partial charge on any atom is -0.507 e. The van der Waals surface area contributed by atoms with E-state index in [1.165, 1.54) is 0 Å². The van der Waals surface area contributed by atoms with Gasteiger partial charge in [-0.1, -0.05) is 0 Å². The number of aromatic hydroxyl groups is 1. The van der Waals surface area contributed by atoms with E-state index in [-0.39, 0.29) is 17.3 Å². The molecule has 3 aromatic rings. The molecule has 1 saturated heterocycles. The molecule has 1 N–H and O–H groups in total. The van der Waals surface area contributed by atoms with Crippen LogP contribution in [0.1, 0.15) is 27.0 Å². The van der Waals surface area contributed by atoms with Gasteiger partial charge in [0, 0.05) is 50.0 Å². The summed E-state index contributed by atoms with van der Waals surface area (Å²) in [7, 11) is 6.30. The molecule has 5 rings (SSSR count). The highest BCUT2D eigenvalue weighted by molar-refractivity contribution is 6.16. The lowest BCUT2D eigenvalue weighted by Crippen LogP contribution is -2.46. The summed E-state index contributed by atoms with van der Waals surface area (Å²) in [6.45, 7) is 5.54. The molecule has 0 aromatic heterocycles. The van der Waals surface area contributed by atoms with Crippen LogP contribution in [0.15, 0.2) is 48.2 Å². The number of ketones is 1. The topological polar surface area (TPSA) is 89.9 Å². The summed E-state index contributed by atoms with van der Waals surface area (Å²) in [4.78, 5) is 18.1. The molecule has 2 aliphatic heterocycles. The highest BCUT2D eigenvalue weighted by Gasteiger charge is 2.34. The van der Waals surface area contributed by atoms with Gasteiger partial charge >= 0.3 is 0 Å². The second-order valence-corrected chi connectivity index (χ2v) is 9.75. The standard InChI is InChI=1S/C31H34N2O7/c1-19-14-24(34)23(18-32-10-12-33(13-11-32)21-6-8-22(36-2)9-7-21)31-29(19)30(35)28(40-31)16-20-15-26(38-4)27(39-5)17-25(20)37-3/h6-9,14-17,34H,10-13,18H2,1-5H3/b28-16-. The van der Waals surface area contributed by atoms with Crippen molar-refractivity contribution in [3.05, 3.63) is 70.5 Å². The Balaban J connectivity index is 1.38. The Hall–Kier alpha value is -4.37. The number of carbonyl (C=O) groups excluding carboxylic acids is 1. The number of hydrogen-bond donors (Lipinski definition) is 1. The first kappa shape index (κ1) is 27.2. The second kappa shape index (κ2) is 11.4. The Morgan fingerprint density at radius 1 is 0.875 bits per heavy atom. The van der Waals surface area contributed by atoms with Crippen LogP contribution in [0.4, 0.5) is 5.69 Å². The van der Waals surface area contributed by atoms with Crippen LogP contribution in [0.2, 0.25) is 0 Å². The number of anilines is 1. The number of fused-ring (bicyclic) bond motifs is 1. The van der Waals surface area contributed by atoms with Gasteiger partial charge < -0.3 is 33.7 Å². The van der Waals surface area contributed by atoms with Crippen LogP contribution < -0.4 is 28.6 Å². The van der Waals surface area contributed by atoms with Crippen LogP contribution in [-0.2, 0) is 6.54 Å². The zero-order chi connectivity index (χ0) is 28.4. The van der Waals surface area contributed by atoms with Gasteiger partial charge in [-0.15, -0.1) is 0 Å². The van der Waals surface area contributed by atoms with Crippen molar-refractivity contribution < 1.29 is 33.6 Å². The number of piperazine rings is 1. The smallest absolute Gasteiger partial charge is 0.232 e. The first-order valence-electron chi connectivity index (χ1n) is 13.1. The van der Waals surface area contributed by atoms with Gasteiger partial charge in [0.1, 0.15) is 23.0 Å². The second-order valence-electron chi connectivity index (χ2n) is 9.75. The highest BCUT2D eigenvalue weighted by atomic mass is 16.5. The zero-order valence-corrected chi connectivity index (χ0v) is 23.4. The molecule has 1 fully saturated rings. The number of carbonyl (C=O) groups is 1. The minimum absolute atomic E-state index is 0.117. The van der Waals surface area contributed by atoms with Crippen molar-refractivity contribution in [3.63, 3.8) is 0 Å². The maximum absolute atomic E-state index is 13.5. The maximum atomic E-state index is 13.5. The number of allylic oxidation sites excluding steroid dienone is 1. The number of benzene rings is 3. The molecule has 9 heteroatoms. The monoisotopic (exact) mass is 546 g/mol. The number of hydrogen-bond acceptors (Lipinski definition) is 9. The lowest BCUT2D eigenvalue weighted by Gasteiger charge is -2.36. The van der Waals surface area contributed by atoms with Crippen molar-refractivity contribution in [2.24, 2.45) is 0 Å². The van der Waals surface area contributed by atoms with Gasteiger partial charge in [0.05, 0.1) is 39.6 Å². The predicted octanol–water partition coefficient (Wildman–Crippen LogP) is 4.67. The van der Waals surface area contributed by atoms with Crippen molar-refractivity contribution in [1.29, 1.82) is 0 Å². The molecule has 0 radical (unpaired) electrons. The molecule has 210 valence electrons. The van der Waals surface area contributed by atoms with Gasteiger partial charge in [-0.3, -0.25) is 9.69 Å². The lowest BCUT2D eigenvalue weighted by atomic mass is 9.99. The average Bonchev–Trinajstić information content (AvgIpc) is 3.31. The number of ether oxygens (including phenoxy) is 5. The number of nitrogens with zero attached hydrogens (tertiary/aromatic N) is 2. The zero-order valence-electron chi connectivity index (χ0n) is 23.4. The van der Waals surface area contributed by atoms with Gasteiger partial charge in [0.15, 0.2) is 17.3 Å². The number of phenolic OH excluding ortho intramolecular Hbond substituents is 1. The molecule has 0 amide bonds. The van der Waals surface area contributed by atoms with Crippen LogP contribution in [0.5, 0.6) is 34.5 Å². The molecule has 2 aliphatic rings. The molecule has 2 heterocycles. The minimum atomic E-state index is -0.241. The third-order valence-electron chi connectivity index (χ3n) is 7.43. The summed E-state index contributed by atoms with van der Waals surface area (Å²) in [5.74, 6) is 2.79. The molecule has 0 saturated carbocycles. The number of rotatable bonds is 8.